The van der Waals surface area contributed by atoms with Gasteiger partial charge in [0.05, 0.1) is 12.2 Å². The summed E-state index contributed by atoms with van der Waals surface area (Å²) in [7, 11) is 0. The van der Waals surface area contributed by atoms with Crippen molar-refractivity contribution in [1.82, 2.24) is 14.8 Å². The highest BCUT2D eigenvalue weighted by atomic mass is 19.1. The number of benzene rings is 2. The fraction of sp³-hybridized carbons (Fsp3) is 0.348. The number of nitrogens with one attached hydrogen (secondary N) is 1. The van der Waals surface area contributed by atoms with E-state index in [9.17, 15) is 9.18 Å². The third-order valence-corrected chi connectivity index (χ3v) is 5.11. The smallest absolute Gasteiger partial charge is 0.262 e. The molecule has 3 aromatic rings. The van der Waals surface area contributed by atoms with E-state index in [1.165, 1.54) is 12.1 Å². The van der Waals surface area contributed by atoms with E-state index in [4.69, 9.17) is 9.47 Å². The van der Waals surface area contributed by atoms with Gasteiger partial charge in [0.25, 0.3) is 5.91 Å². The van der Waals surface area contributed by atoms with Crippen LogP contribution in [0.3, 0.4) is 0 Å². The number of nitrogens with zero attached hydrogens (tertiary/aromatic N) is 3. The summed E-state index contributed by atoms with van der Waals surface area (Å²) in [4.78, 5) is 12.4. The second-order valence-electron chi connectivity index (χ2n) is 7.31. The molecule has 0 unspecified atom stereocenters. The van der Waals surface area contributed by atoms with E-state index in [0.29, 0.717) is 35.2 Å². The molecule has 0 bridgehead atoms. The Balaban J connectivity index is 1.47. The molecule has 0 atom stereocenters. The second kappa shape index (κ2) is 9.59. The molecule has 0 saturated heterocycles. The minimum absolute atomic E-state index is 0.197. The van der Waals surface area contributed by atoms with Crippen LogP contribution in [0, 0.1) is 5.82 Å². The van der Waals surface area contributed by atoms with Crippen LogP contribution in [0.25, 0.3) is 11.4 Å². The molecule has 0 saturated carbocycles. The maximum atomic E-state index is 14.6. The first-order chi connectivity index (χ1) is 15.2. The topological polar surface area (TPSA) is 78.3 Å². The van der Waals surface area contributed by atoms with Crippen molar-refractivity contribution >= 4 is 11.6 Å². The van der Waals surface area contributed by atoms with E-state index in [0.717, 1.165) is 38.1 Å². The largest absolute Gasteiger partial charge is 0.490 e. The molecule has 31 heavy (non-hydrogen) atoms. The summed E-state index contributed by atoms with van der Waals surface area (Å²) in [6, 6.07) is 11.6. The first kappa shape index (κ1) is 20.8. The van der Waals surface area contributed by atoms with Gasteiger partial charge in [-0.2, -0.15) is 0 Å². The predicted molar refractivity (Wildman–Crippen MR) is 115 cm³/mol. The van der Waals surface area contributed by atoms with Gasteiger partial charge in [0.15, 0.2) is 23.9 Å². The van der Waals surface area contributed by atoms with Crippen LogP contribution in [0.4, 0.5) is 10.1 Å². The third kappa shape index (κ3) is 4.84. The van der Waals surface area contributed by atoms with Crippen LogP contribution in [0.15, 0.2) is 42.5 Å². The van der Waals surface area contributed by atoms with Crippen molar-refractivity contribution in [3.05, 3.63) is 54.1 Å². The number of hydrogen-bond donors (Lipinski definition) is 1. The van der Waals surface area contributed by atoms with Crippen molar-refractivity contribution in [3.63, 3.8) is 0 Å². The van der Waals surface area contributed by atoms with E-state index in [1.54, 1.807) is 18.2 Å². The Morgan fingerprint density at radius 3 is 2.71 bits per heavy atom. The molecule has 4 rings (SSSR count). The first-order valence-electron chi connectivity index (χ1n) is 10.5. The highest BCUT2D eigenvalue weighted by molar-refractivity contribution is 5.92. The number of amides is 1. The number of aromatic nitrogens is 3. The molecule has 0 spiro atoms. The van der Waals surface area contributed by atoms with E-state index in [-0.39, 0.29) is 12.5 Å². The number of fused-ring (bicyclic) bond motifs is 1. The number of rotatable bonds is 7. The molecule has 2 aromatic carbocycles. The molecule has 162 valence electrons. The summed E-state index contributed by atoms with van der Waals surface area (Å²) in [6.07, 6.45) is 4.03. The lowest BCUT2D eigenvalue weighted by Gasteiger charge is -2.12. The first-order valence-corrected chi connectivity index (χ1v) is 10.5. The second-order valence-corrected chi connectivity index (χ2v) is 7.31. The molecule has 1 aliphatic rings. The summed E-state index contributed by atoms with van der Waals surface area (Å²) in [6.45, 7) is 2.94. The molecule has 2 heterocycles. The monoisotopic (exact) mass is 424 g/mol. The maximum Gasteiger partial charge on any atom is 0.262 e. The highest BCUT2D eigenvalue weighted by Gasteiger charge is 2.19. The van der Waals surface area contributed by atoms with Gasteiger partial charge < -0.3 is 19.4 Å². The fourth-order valence-electron chi connectivity index (χ4n) is 3.64. The molecule has 1 amide bonds. The molecule has 8 heteroatoms. The maximum absolute atomic E-state index is 14.6. The van der Waals surface area contributed by atoms with Gasteiger partial charge in [0.2, 0.25) is 0 Å². The molecule has 0 aliphatic carbocycles. The third-order valence-electron chi connectivity index (χ3n) is 5.11. The quantitative estimate of drug-likeness (QED) is 0.614. The predicted octanol–water partition coefficient (Wildman–Crippen LogP) is 4.23. The standard InChI is InChI=1S/C23H25FN4O3/c1-2-30-19-8-5-6-9-20(19)31-15-22(29)25-16-11-12-18(24)17(14-16)23-27-26-21-10-4-3-7-13-28(21)23/h5-6,8-9,11-12,14H,2-4,7,10,13,15H2,1H3,(H,25,29). The average molecular weight is 424 g/mol. The summed E-state index contributed by atoms with van der Waals surface area (Å²) in [5.41, 5.74) is 0.787. The lowest BCUT2D eigenvalue weighted by molar-refractivity contribution is -0.118. The van der Waals surface area contributed by atoms with Crippen LogP contribution in [-0.2, 0) is 17.8 Å². The Morgan fingerprint density at radius 1 is 1.10 bits per heavy atom. The zero-order chi connectivity index (χ0) is 21.6. The molecule has 0 fully saturated rings. The van der Waals surface area contributed by atoms with Crippen LogP contribution < -0.4 is 14.8 Å². The summed E-state index contributed by atoms with van der Waals surface area (Å²) in [5.74, 6) is 1.68. The number of anilines is 1. The summed E-state index contributed by atoms with van der Waals surface area (Å²) >= 11 is 0. The van der Waals surface area contributed by atoms with Crippen molar-refractivity contribution in [3.8, 4) is 22.9 Å². The Labute approximate surface area is 180 Å². The van der Waals surface area contributed by atoms with E-state index in [1.807, 2.05) is 23.6 Å². The van der Waals surface area contributed by atoms with E-state index in [2.05, 4.69) is 15.5 Å². The normalized spacial score (nSPS) is 13.2. The summed E-state index contributed by atoms with van der Waals surface area (Å²) in [5, 5.41) is 11.2. The zero-order valence-corrected chi connectivity index (χ0v) is 17.4. The number of carbonyl (C=O) groups is 1. The summed E-state index contributed by atoms with van der Waals surface area (Å²) < 4.78 is 27.7. The SMILES string of the molecule is CCOc1ccccc1OCC(=O)Nc1ccc(F)c(-c2nnc3n2CCCCC3)c1. The fourth-order valence-corrected chi connectivity index (χ4v) is 3.64. The van der Waals surface area contributed by atoms with Crippen molar-refractivity contribution in [1.29, 1.82) is 0 Å². The molecule has 1 aromatic heterocycles. The lowest BCUT2D eigenvalue weighted by Crippen LogP contribution is -2.20. The van der Waals surface area contributed by atoms with Crippen molar-refractivity contribution in [2.75, 3.05) is 18.5 Å². The zero-order valence-electron chi connectivity index (χ0n) is 17.4. The van der Waals surface area contributed by atoms with Gasteiger partial charge in [0, 0.05) is 18.7 Å². The molecule has 1 N–H and O–H groups in total. The van der Waals surface area contributed by atoms with Crippen LogP contribution in [-0.4, -0.2) is 33.9 Å². The Morgan fingerprint density at radius 2 is 1.90 bits per heavy atom. The number of aryl methyl sites for hydroxylation is 1. The van der Waals surface area contributed by atoms with Gasteiger partial charge in [-0.3, -0.25) is 4.79 Å². The molecular formula is C23H25FN4O3. The van der Waals surface area contributed by atoms with E-state index < -0.39 is 5.82 Å². The minimum atomic E-state index is -0.403. The van der Waals surface area contributed by atoms with Gasteiger partial charge in [-0.15, -0.1) is 10.2 Å². The average Bonchev–Trinajstić information content (AvgIpc) is 3.02. The molecule has 1 aliphatic heterocycles. The molecule has 7 nitrogen and oxygen atoms in total. The van der Waals surface area contributed by atoms with Gasteiger partial charge >= 0.3 is 0 Å². The number of para-hydroxylation sites is 2. The number of ether oxygens (including phenoxy) is 2. The Kier molecular flexibility index (Phi) is 6.45. The molecular weight excluding hydrogens is 399 g/mol. The van der Waals surface area contributed by atoms with Crippen molar-refractivity contribution < 1.29 is 18.7 Å². The van der Waals surface area contributed by atoms with Crippen molar-refractivity contribution in [2.24, 2.45) is 0 Å². The Hall–Kier alpha value is -3.42. The highest BCUT2D eigenvalue weighted by Crippen LogP contribution is 2.28. The van der Waals surface area contributed by atoms with Crippen LogP contribution in [0.5, 0.6) is 11.5 Å². The lowest BCUT2D eigenvalue weighted by atomic mass is 10.1. The van der Waals surface area contributed by atoms with Gasteiger partial charge in [-0.25, -0.2) is 4.39 Å². The van der Waals surface area contributed by atoms with Gasteiger partial charge in [0.1, 0.15) is 11.6 Å². The van der Waals surface area contributed by atoms with Gasteiger partial charge in [-0.1, -0.05) is 18.6 Å². The number of hydrogen-bond acceptors (Lipinski definition) is 5. The van der Waals surface area contributed by atoms with Crippen LogP contribution >= 0.6 is 0 Å². The van der Waals surface area contributed by atoms with E-state index >= 15 is 0 Å². The van der Waals surface area contributed by atoms with Crippen LogP contribution in [0.2, 0.25) is 0 Å². The van der Waals surface area contributed by atoms with Gasteiger partial charge in [-0.05, 0) is 50.1 Å². The minimum Gasteiger partial charge on any atom is -0.490 e. The molecule has 0 radical (unpaired) electrons. The number of carbonyl (C=O) groups excluding carboxylic acids is 1. The number of halogens is 1. The Bertz CT molecular complexity index is 1070. The van der Waals surface area contributed by atoms with Crippen LogP contribution in [0.1, 0.15) is 32.0 Å². The van der Waals surface area contributed by atoms with Crippen molar-refractivity contribution in [2.45, 2.75) is 39.2 Å².